The molecule has 2 heterocycles. The molecule has 0 amide bonds. The Morgan fingerprint density at radius 1 is 0.960 bits per heavy atom. The average molecular weight is 355 g/mol. The molecule has 1 fully saturated rings. The number of hydrogen-bond donors (Lipinski definition) is 1. The minimum atomic E-state index is -3.54. The van der Waals surface area contributed by atoms with Crippen LogP contribution in [0.15, 0.2) is 64.5 Å². The fourth-order valence-corrected chi connectivity index (χ4v) is 5.03. The molecule has 1 aromatic heterocycles. The quantitative estimate of drug-likeness (QED) is 0.784. The van der Waals surface area contributed by atoms with Crippen molar-refractivity contribution < 1.29 is 8.42 Å². The number of para-hydroxylation sites is 1. The highest BCUT2D eigenvalue weighted by Gasteiger charge is 2.25. The molecule has 1 aliphatic heterocycles. The van der Waals surface area contributed by atoms with E-state index in [0.717, 1.165) is 42.8 Å². The van der Waals surface area contributed by atoms with Crippen LogP contribution in [0.5, 0.6) is 0 Å². The van der Waals surface area contributed by atoms with Crippen molar-refractivity contribution in [2.24, 2.45) is 7.05 Å². The first kappa shape index (κ1) is 16.2. The fraction of sp³-hybridized carbons (Fsp3) is 0.263. The molecule has 130 valence electrons. The first-order valence-electron chi connectivity index (χ1n) is 8.43. The van der Waals surface area contributed by atoms with Gasteiger partial charge in [0.05, 0.1) is 21.0 Å². The number of benzene rings is 2. The number of nitrogens with zero attached hydrogens (tertiary/aromatic N) is 2. The lowest BCUT2D eigenvalue weighted by Crippen LogP contribution is -2.43. The maximum Gasteiger partial charge on any atom is 0.208 e. The summed E-state index contributed by atoms with van der Waals surface area (Å²) >= 11 is 0. The molecule has 0 aliphatic carbocycles. The number of anilines is 1. The van der Waals surface area contributed by atoms with E-state index in [1.54, 1.807) is 30.5 Å². The standard InChI is InChI=1S/C19H21N3O2S/c1-21-14-18(25(23,24)15-6-3-2-4-7-15)16-8-5-9-17(19(16)21)22-12-10-20-11-13-22/h2-9,14,20H,10-13H2,1H3. The van der Waals surface area contributed by atoms with Gasteiger partial charge in [0.25, 0.3) is 0 Å². The Hall–Kier alpha value is -2.31. The largest absolute Gasteiger partial charge is 0.367 e. The zero-order valence-electron chi connectivity index (χ0n) is 14.1. The van der Waals surface area contributed by atoms with Crippen molar-refractivity contribution in [1.29, 1.82) is 0 Å². The topological polar surface area (TPSA) is 54.3 Å². The molecular weight excluding hydrogens is 334 g/mol. The third kappa shape index (κ3) is 2.71. The summed E-state index contributed by atoms with van der Waals surface area (Å²) < 4.78 is 28.2. The highest BCUT2D eigenvalue weighted by atomic mass is 32.2. The molecule has 0 saturated carbocycles. The van der Waals surface area contributed by atoms with Crippen LogP contribution in [0.2, 0.25) is 0 Å². The summed E-state index contributed by atoms with van der Waals surface area (Å²) in [5.74, 6) is 0. The summed E-state index contributed by atoms with van der Waals surface area (Å²) in [5.41, 5.74) is 2.06. The van der Waals surface area contributed by atoms with E-state index in [9.17, 15) is 8.42 Å². The molecular formula is C19H21N3O2S. The van der Waals surface area contributed by atoms with Crippen LogP contribution in [0.25, 0.3) is 10.9 Å². The smallest absolute Gasteiger partial charge is 0.208 e. The number of sulfone groups is 1. The summed E-state index contributed by atoms with van der Waals surface area (Å²) in [5, 5.41) is 4.13. The van der Waals surface area contributed by atoms with Crippen molar-refractivity contribution in [1.82, 2.24) is 9.88 Å². The SMILES string of the molecule is Cn1cc(S(=O)(=O)c2ccccc2)c2cccc(N3CCNCC3)c21. The van der Waals surface area contributed by atoms with E-state index in [4.69, 9.17) is 0 Å². The van der Waals surface area contributed by atoms with Gasteiger partial charge in [0.2, 0.25) is 9.84 Å². The average Bonchev–Trinajstić information content (AvgIpc) is 3.01. The van der Waals surface area contributed by atoms with Crippen LogP contribution in [0, 0.1) is 0 Å². The number of hydrogen-bond acceptors (Lipinski definition) is 4. The molecule has 1 saturated heterocycles. The Morgan fingerprint density at radius 2 is 1.68 bits per heavy atom. The van der Waals surface area contributed by atoms with Gasteiger partial charge in [-0.25, -0.2) is 8.42 Å². The van der Waals surface area contributed by atoms with E-state index in [2.05, 4.69) is 16.3 Å². The number of rotatable bonds is 3. The van der Waals surface area contributed by atoms with E-state index < -0.39 is 9.84 Å². The van der Waals surface area contributed by atoms with E-state index in [-0.39, 0.29) is 0 Å². The van der Waals surface area contributed by atoms with E-state index in [1.807, 2.05) is 29.8 Å². The van der Waals surface area contributed by atoms with Crippen LogP contribution in [0.4, 0.5) is 5.69 Å². The third-order valence-corrected chi connectivity index (χ3v) is 6.54. The summed E-state index contributed by atoms with van der Waals surface area (Å²) in [7, 11) is -1.63. The van der Waals surface area contributed by atoms with E-state index in [0.29, 0.717) is 9.79 Å². The molecule has 0 unspecified atom stereocenters. The van der Waals surface area contributed by atoms with Crippen molar-refractivity contribution in [3.8, 4) is 0 Å². The normalized spacial score (nSPS) is 15.6. The molecule has 0 spiro atoms. The molecule has 0 radical (unpaired) electrons. The van der Waals surface area contributed by atoms with Gasteiger partial charge >= 0.3 is 0 Å². The third-order valence-electron chi connectivity index (χ3n) is 4.74. The van der Waals surface area contributed by atoms with Gasteiger partial charge in [-0.15, -0.1) is 0 Å². The molecule has 25 heavy (non-hydrogen) atoms. The zero-order chi connectivity index (χ0) is 17.4. The molecule has 0 atom stereocenters. The van der Waals surface area contributed by atoms with E-state index in [1.165, 1.54) is 0 Å². The molecule has 0 bridgehead atoms. The molecule has 5 nitrogen and oxygen atoms in total. The van der Waals surface area contributed by atoms with Gasteiger partial charge in [0.1, 0.15) is 0 Å². The molecule has 3 aromatic rings. The highest BCUT2D eigenvalue weighted by Crippen LogP contribution is 2.35. The van der Waals surface area contributed by atoms with Gasteiger partial charge in [0.15, 0.2) is 0 Å². The lowest BCUT2D eigenvalue weighted by Gasteiger charge is -2.30. The Balaban J connectivity index is 1.90. The molecule has 4 rings (SSSR count). The van der Waals surface area contributed by atoms with Crippen molar-refractivity contribution >= 4 is 26.4 Å². The van der Waals surface area contributed by atoms with E-state index >= 15 is 0 Å². The second-order valence-electron chi connectivity index (χ2n) is 6.33. The summed E-state index contributed by atoms with van der Waals surface area (Å²) in [4.78, 5) is 3.01. The number of aromatic nitrogens is 1. The number of aryl methyl sites for hydroxylation is 1. The summed E-state index contributed by atoms with van der Waals surface area (Å²) in [6.45, 7) is 3.72. The van der Waals surface area contributed by atoms with Crippen LogP contribution >= 0.6 is 0 Å². The first-order valence-corrected chi connectivity index (χ1v) is 9.91. The van der Waals surface area contributed by atoms with Gasteiger partial charge in [-0.2, -0.15) is 0 Å². The monoisotopic (exact) mass is 355 g/mol. The zero-order valence-corrected chi connectivity index (χ0v) is 15.0. The maximum atomic E-state index is 13.1. The summed E-state index contributed by atoms with van der Waals surface area (Å²) in [6.07, 6.45) is 1.73. The van der Waals surface area contributed by atoms with Crippen LogP contribution < -0.4 is 10.2 Å². The lowest BCUT2D eigenvalue weighted by molar-refractivity contribution is 0.590. The number of piperazine rings is 1. The molecule has 2 aromatic carbocycles. The van der Waals surface area contributed by atoms with Gasteiger partial charge in [-0.1, -0.05) is 30.3 Å². The molecule has 1 N–H and O–H groups in total. The lowest BCUT2D eigenvalue weighted by atomic mass is 10.2. The Bertz CT molecular complexity index is 1000. The Kier molecular flexibility index (Phi) is 4.01. The van der Waals surface area contributed by atoms with Crippen molar-refractivity contribution in [2.75, 3.05) is 31.1 Å². The Labute approximate surface area is 147 Å². The fourth-order valence-electron chi connectivity index (χ4n) is 3.51. The van der Waals surface area contributed by atoms with Crippen molar-refractivity contribution in [2.45, 2.75) is 9.79 Å². The van der Waals surface area contributed by atoms with Crippen molar-refractivity contribution in [3.63, 3.8) is 0 Å². The maximum absolute atomic E-state index is 13.1. The number of nitrogens with one attached hydrogen (secondary N) is 1. The predicted octanol–water partition coefficient (Wildman–Crippen LogP) is 2.42. The van der Waals surface area contributed by atoms with Crippen LogP contribution in [0.1, 0.15) is 0 Å². The molecule has 6 heteroatoms. The van der Waals surface area contributed by atoms with Gasteiger partial charge in [-0.3, -0.25) is 0 Å². The highest BCUT2D eigenvalue weighted by molar-refractivity contribution is 7.91. The van der Waals surface area contributed by atoms with Gasteiger partial charge in [0, 0.05) is 44.8 Å². The van der Waals surface area contributed by atoms with Gasteiger partial charge < -0.3 is 14.8 Å². The second kappa shape index (κ2) is 6.20. The van der Waals surface area contributed by atoms with Crippen molar-refractivity contribution in [3.05, 3.63) is 54.7 Å². The minimum absolute atomic E-state index is 0.329. The second-order valence-corrected chi connectivity index (χ2v) is 8.25. The first-order chi connectivity index (χ1) is 12.1. The van der Waals surface area contributed by atoms with Crippen LogP contribution in [-0.2, 0) is 16.9 Å². The van der Waals surface area contributed by atoms with Crippen LogP contribution in [-0.4, -0.2) is 39.2 Å². The number of fused-ring (bicyclic) bond motifs is 1. The van der Waals surface area contributed by atoms with Crippen LogP contribution in [0.3, 0.4) is 0 Å². The van der Waals surface area contributed by atoms with Gasteiger partial charge in [-0.05, 0) is 18.2 Å². The Morgan fingerprint density at radius 3 is 2.40 bits per heavy atom. The summed E-state index contributed by atoms with van der Waals surface area (Å²) in [6, 6.07) is 14.6. The predicted molar refractivity (Wildman–Crippen MR) is 99.9 cm³/mol. The molecule has 1 aliphatic rings. The minimum Gasteiger partial charge on any atom is -0.367 e.